The SMILES string of the molecule is CN(c1ccccc1)c1ncnc2cc(C(=O)O)ccc12. The smallest absolute Gasteiger partial charge is 0.335 e. The number of hydrogen-bond acceptors (Lipinski definition) is 4. The normalized spacial score (nSPS) is 10.5. The standard InChI is InChI=1S/C16H13N3O2/c1-19(12-5-3-2-4-6-12)15-13-8-7-11(16(20)21)9-14(13)17-10-18-15/h2-10H,1H3,(H,20,21). The van der Waals surface area contributed by atoms with E-state index in [0.717, 1.165) is 16.9 Å². The quantitative estimate of drug-likeness (QED) is 0.798. The molecule has 0 atom stereocenters. The third kappa shape index (κ3) is 2.41. The van der Waals surface area contributed by atoms with Gasteiger partial charge in [0.25, 0.3) is 0 Å². The zero-order valence-electron chi connectivity index (χ0n) is 11.4. The third-order valence-corrected chi connectivity index (χ3v) is 3.32. The van der Waals surface area contributed by atoms with Crippen LogP contribution in [0.2, 0.25) is 0 Å². The van der Waals surface area contributed by atoms with Crippen molar-refractivity contribution in [2.24, 2.45) is 0 Å². The van der Waals surface area contributed by atoms with Crippen molar-refractivity contribution in [3.8, 4) is 0 Å². The summed E-state index contributed by atoms with van der Waals surface area (Å²) in [5, 5.41) is 9.86. The second kappa shape index (κ2) is 5.20. The summed E-state index contributed by atoms with van der Waals surface area (Å²) in [5.74, 6) is -0.225. The van der Waals surface area contributed by atoms with Gasteiger partial charge >= 0.3 is 5.97 Å². The first-order chi connectivity index (χ1) is 10.2. The minimum absolute atomic E-state index is 0.217. The molecule has 1 heterocycles. The second-order valence-corrected chi connectivity index (χ2v) is 4.63. The van der Waals surface area contributed by atoms with Crippen LogP contribution in [0.4, 0.5) is 11.5 Å². The fourth-order valence-electron chi connectivity index (χ4n) is 2.22. The largest absolute Gasteiger partial charge is 0.478 e. The Labute approximate surface area is 121 Å². The fraction of sp³-hybridized carbons (Fsp3) is 0.0625. The molecular weight excluding hydrogens is 266 g/mol. The number of benzene rings is 2. The van der Waals surface area contributed by atoms with Crippen molar-refractivity contribution in [3.05, 3.63) is 60.4 Å². The van der Waals surface area contributed by atoms with E-state index in [0.29, 0.717) is 5.52 Å². The minimum atomic E-state index is -0.964. The maximum atomic E-state index is 11.0. The lowest BCUT2D eigenvalue weighted by atomic mass is 10.1. The number of rotatable bonds is 3. The first kappa shape index (κ1) is 13.1. The molecule has 0 fully saturated rings. The van der Waals surface area contributed by atoms with Crippen LogP contribution in [-0.2, 0) is 0 Å². The van der Waals surface area contributed by atoms with Crippen molar-refractivity contribution in [1.29, 1.82) is 0 Å². The number of nitrogens with zero attached hydrogens (tertiary/aromatic N) is 3. The summed E-state index contributed by atoms with van der Waals surface area (Å²) >= 11 is 0. The van der Waals surface area contributed by atoms with Gasteiger partial charge in [0.1, 0.15) is 12.1 Å². The van der Waals surface area contributed by atoms with Crippen molar-refractivity contribution in [1.82, 2.24) is 9.97 Å². The summed E-state index contributed by atoms with van der Waals surface area (Å²) in [5.41, 5.74) is 1.83. The van der Waals surface area contributed by atoms with Crippen LogP contribution in [-0.4, -0.2) is 28.1 Å². The van der Waals surface area contributed by atoms with E-state index in [4.69, 9.17) is 5.11 Å². The summed E-state index contributed by atoms with van der Waals surface area (Å²) < 4.78 is 0. The zero-order chi connectivity index (χ0) is 14.8. The Morgan fingerprint density at radius 3 is 2.57 bits per heavy atom. The van der Waals surface area contributed by atoms with Crippen LogP contribution >= 0.6 is 0 Å². The molecule has 0 spiro atoms. The molecule has 1 aromatic heterocycles. The average Bonchev–Trinajstić information content (AvgIpc) is 2.54. The molecule has 0 radical (unpaired) electrons. The van der Waals surface area contributed by atoms with Gasteiger partial charge in [0.15, 0.2) is 0 Å². The zero-order valence-corrected chi connectivity index (χ0v) is 11.4. The molecule has 0 saturated heterocycles. The van der Waals surface area contributed by atoms with E-state index in [9.17, 15) is 4.79 Å². The molecule has 0 aliphatic heterocycles. The summed E-state index contributed by atoms with van der Waals surface area (Å²) in [6.07, 6.45) is 1.45. The molecule has 0 amide bonds. The number of hydrogen-bond donors (Lipinski definition) is 1. The lowest BCUT2D eigenvalue weighted by molar-refractivity contribution is 0.0697. The first-order valence-electron chi connectivity index (χ1n) is 6.43. The number of carboxylic acids is 1. The molecule has 2 aromatic carbocycles. The average molecular weight is 279 g/mol. The Hall–Kier alpha value is -2.95. The van der Waals surface area contributed by atoms with Gasteiger partial charge in [-0.15, -0.1) is 0 Å². The molecule has 1 N–H and O–H groups in total. The van der Waals surface area contributed by atoms with E-state index in [1.54, 1.807) is 18.2 Å². The molecule has 3 rings (SSSR count). The molecule has 0 aliphatic rings. The molecule has 21 heavy (non-hydrogen) atoms. The lowest BCUT2D eigenvalue weighted by Gasteiger charge is -2.19. The van der Waals surface area contributed by atoms with Gasteiger partial charge in [-0.2, -0.15) is 0 Å². The van der Waals surface area contributed by atoms with Crippen molar-refractivity contribution < 1.29 is 9.90 Å². The molecule has 104 valence electrons. The van der Waals surface area contributed by atoms with Crippen LogP contribution in [0.3, 0.4) is 0 Å². The monoisotopic (exact) mass is 279 g/mol. The van der Waals surface area contributed by atoms with E-state index in [1.165, 1.54) is 6.33 Å². The summed E-state index contributed by atoms with van der Waals surface area (Å²) in [6, 6.07) is 14.7. The molecule has 0 bridgehead atoms. The number of carboxylic acid groups (broad SMARTS) is 1. The Bertz CT molecular complexity index is 803. The molecule has 0 saturated carbocycles. The minimum Gasteiger partial charge on any atom is -0.478 e. The fourth-order valence-corrected chi connectivity index (χ4v) is 2.22. The van der Waals surface area contributed by atoms with Gasteiger partial charge in [-0.1, -0.05) is 18.2 Å². The van der Waals surface area contributed by atoms with E-state index in [2.05, 4.69) is 9.97 Å². The van der Waals surface area contributed by atoms with Gasteiger partial charge in [0.05, 0.1) is 11.1 Å². The maximum absolute atomic E-state index is 11.0. The number of aromatic carboxylic acids is 1. The van der Waals surface area contributed by atoms with Crippen molar-refractivity contribution >= 4 is 28.4 Å². The van der Waals surface area contributed by atoms with Crippen LogP contribution < -0.4 is 4.90 Å². The van der Waals surface area contributed by atoms with E-state index >= 15 is 0 Å². The predicted molar refractivity (Wildman–Crippen MR) is 81.0 cm³/mol. The molecule has 0 unspecified atom stereocenters. The van der Waals surface area contributed by atoms with Crippen LogP contribution in [0, 0.1) is 0 Å². The summed E-state index contributed by atoms with van der Waals surface area (Å²) in [6.45, 7) is 0. The molecule has 3 aromatic rings. The highest BCUT2D eigenvalue weighted by Crippen LogP contribution is 2.28. The van der Waals surface area contributed by atoms with Crippen LogP contribution in [0.15, 0.2) is 54.9 Å². The number of anilines is 2. The van der Waals surface area contributed by atoms with Crippen molar-refractivity contribution in [2.45, 2.75) is 0 Å². The molecular formula is C16H13N3O2. The van der Waals surface area contributed by atoms with Gasteiger partial charge in [0, 0.05) is 18.1 Å². The Kier molecular flexibility index (Phi) is 3.23. The Morgan fingerprint density at radius 1 is 1.10 bits per heavy atom. The van der Waals surface area contributed by atoms with Gasteiger partial charge in [-0.3, -0.25) is 0 Å². The number of fused-ring (bicyclic) bond motifs is 1. The van der Waals surface area contributed by atoms with Crippen LogP contribution in [0.25, 0.3) is 10.9 Å². The van der Waals surface area contributed by atoms with Crippen molar-refractivity contribution in [3.63, 3.8) is 0 Å². The van der Waals surface area contributed by atoms with E-state index < -0.39 is 5.97 Å². The second-order valence-electron chi connectivity index (χ2n) is 4.63. The van der Waals surface area contributed by atoms with Gasteiger partial charge < -0.3 is 10.0 Å². The Balaban J connectivity index is 2.13. The number of para-hydroxylation sites is 1. The molecule has 5 nitrogen and oxygen atoms in total. The molecule has 0 aliphatic carbocycles. The number of carbonyl (C=O) groups is 1. The van der Waals surface area contributed by atoms with Gasteiger partial charge in [-0.05, 0) is 30.3 Å². The highest BCUT2D eigenvalue weighted by atomic mass is 16.4. The Morgan fingerprint density at radius 2 is 1.86 bits per heavy atom. The predicted octanol–water partition coefficient (Wildman–Crippen LogP) is 3.10. The van der Waals surface area contributed by atoms with Crippen molar-refractivity contribution in [2.75, 3.05) is 11.9 Å². The maximum Gasteiger partial charge on any atom is 0.335 e. The topological polar surface area (TPSA) is 66.3 Å². The van der Waals surface area contributed by atoms with Crippen LogP contribution in [0.1, 0.15) is 10.4 Å². The van der Waals surface area contributed by atoms with Gasteiger partial charge in [-0.25, -0.2) is 14.8 Å². The summed E-state index contributed by atoms with van der Waals surface area (Å²) in [4.78, 5) is 21.5. The van der Waals surface area contributed by atoms with Gasteiger partial charge in [0.2, 0.25) is 0 Å². The number of aromatic nitrogens is 2. The lowest BCUT2D eigenvalue weighted by Crippen LogP contribution is -2.12. The molecule has 5 heteroatoms. The first-order valence-corrected chi connectivity index (χ1v) is 6.43. The third-order valence-electron chi connectivity index (χ3n) is 3.32. The summed E-state index contributed by atoms with van der Waals surface area (Å²) in [7, 11) is 1.92. The van der Waals surface area contributed by atoms with E-state index in [-0.39, 0.29) is 5.56 Å². The van der Waals surface area contributed by atoms with Crippen LogP contribution in [0.5, 0.6) is 0 Å². The highest BCUT2D eigenvalue weighted by molar-refractivity contribution is 5.97. The van der Waals surface area contributed by atoms with E-state index in [1.807, 2.05) is 42.3 Å². The highest BCUT2D eigenvalue weighted by Gasteiger charge is 2.12.